The van der Waals surface area contributed by atoms with Gasteiger partial charge in [-0.05, 0) is 19.1 Å². The lowest BCUT2D eigenvalue weighted by molar-refractivity contribution is -0.120. The summed E-state index contributed by atoms with van der Waals surface area (Å²) in [5.74, 6) is 0.585. The lowest BCUT2D eigenvalue weighted by Crippen LogP contribution is -2.24. The number of nitrogens with one attached hydrogen (secondary N) is 1. The summed E-state index contributed by atoms with van der Waals surface area (Å²) >= 11 is 0. The average molecular weight is 271 g/mol. The van der Waals surface area contributed by atoms with Gasteiger partial charge < -0.3 is 14.4 Å². The number of benzene rings is 1. The Morgan fingerprint density at radius 3 is 2.90 bits per heavy atom. The fraction of sp³-hybridized carbons (Fsp3) is 0.214. The van der Waals surface area contributed by atoms with Crippen LogP contribution in [0.15, 0.2) is 39.4 Å². The van der Waals surface area contributed by atoms with Crippen molar-refractivity contribution in [2.75, 3.05) is 0 Å². The predicted octanol–water partition coefficient (Wildman–Crippen LogP) is 1.98. The summed E-state index contributed by atoms with van der Waals surface area (Å²) in [6.07, 6.45) is 0.174. The van der Waals surface area contributed by atoms with Crippen molar-refractivity contribution >= 4 is 16.9 Å². The molecule has 0 aliphatic heterocycles. The highest BCUT2D eigenvalue weighted by Gasteiger charge is 2.12. The maximum Gasteiger partial charge on any atom is 0.226 e. The van der Waals surface area contributed by atoms with Gasteiger partial charge in [0.05, 0.1) is 13.0 Å². The van der Waals surface area contributed by atoms with Crippen LogP contribution < -0.4 is 5.32 Å². The highest BCUT2D eigenvalue weighted by molar-refractivity contribution is 5.86. The van der Waals surface area contributed by atoms with Crippen molar-refractivity contribution in [2.45, 2.75) is 19.9 Å². The van der Waals surface area contributed by atoms with E-state index in [2.05, 4.69) is 15.6 Å². The molecule has 3 aromatic rings. The third kappa shape index (κ3) is 2.54. The summed E-state index contributed by atoms with van der Waals surface area (Å²) in [5.41, 5.74) is 2.01. The Morgan fingerprint density at radius 1 is 1.25 bits per heavy atom. The fourth-order valence-electron chi connectivity index (χ4n) is 1.97. The number of carbonyl (C=O) groups is 1. The molecule has 1 amide bonds. The normalized spacial score (nSPS) is 10.8. The van der Waals surface area contributed by atoms with Gasteiger partial charge in [-0.25, -0.2) is 0 Å². The second-order valence-corrected chi connectivity index (χ2v) is 4.51. The van der Waals surface area contributed by atoms with Crippen LogP contribution in [0, 0.1) is 6.92 Å². The van der Waals surface area contributed by atoms with E-state index < -0.39 is 0 Å². The van der Waals surface area contributed by atoms with E-state index in [1.807, 2.05) is 24.3 Å². The molecule has 102 valence electrons. The van der Waals surface area contributed by atoms with Gasteiger partial charge in [0, 0.05) is 11.5 Å². The first-order chi connectivity index (χ1) is 9.72. The van der Waals surface area contributed by atoms with Crippen molar-refractivity contribution in [1.82, 2.24) is 15.6 Å². The quantitative estimate of drug-likeness (QED) is 0.784. The lowest BCUT2D eigenvalue weighted by Gasteiger charge is -2.00. The Bertz CT molecular complexity index is 745. The van der Waals surface area contributed by atoms with E-state index in [0.29, 0.717) is 23.5 Å². The van der Waals surface area contributed by atoms with Gasteiger partial charge in [0.2, 0.25) is 5.91 Å². The van der Waals surface area contributed by atoms with Crippen LogP contribution in [0.3, 0.4) is 0 Å². The zero-order valence-electron chi connectivity index (χ0n) is 10.9. The van der Waals surface area contributed by atoms with E-state index in [1.54, 1.807) is 13.0 Å². The number of aryl methyl sites for hydroxylation is 1. The summed E-state index contributed by atoms with van der Waals surface area (Å²) in [4.78, 5) is 11.9. The summed E-state index contributed by atoms with van der Waals surface area (Å²) < 4.78 is 10.1. The molecule has 0 spiro atoms. The number of hydrogen-bond acceptors (Lipinski definition) is 5. The molecule has 6 nitrogen and oxygen atoms in total. The molecule has 20 heavy (non-hydrogen) atoms. The molecule has 3 rings (SSSR count). The molecule has 0 aliphatic carbocycles. The maximum atomic E-state index is 11.9. The van der Waals surface area contributed by atoms with Crippen LogP contribution in [-0.4, -0.2) is 16.2 Å². The third-order valence-corrected chi connectivity index (χ3v) is 2.92. The molecule has 2 aromatic heterocycles. The van der Waals surface area contributed by atoms with E-state index in [9.17, 15) is 4.79 Å². The van der Waals surface area contributed by atoms with E-state index in [1.165, 1.54) is 0 Å². The number of carbonyl (C=O) groups excluding carboxylic acids is 1. The number of fused-ring (bicyclic) bond motifs is 1. The molecule has 0 bridgehead atoms. The van der Waals surface area contributed by atoms with Crippen molar-refractivity contribution in [3.8, 4) is 0 Å². The number of para-hydroxylation sites is 1. The summed E-state index contributed by atoms with van der Waals surface area (Å²) in [6.45, 7) is 2.14. The molecule has 0 saturated carbocycles. The number of nitrogens with zero attached hydrogens (tertiary/aromatic N) is 2. The monoisotopic (exact) mass is 271 g/mol. The minimum Gasteiger partial charge on any atom is -0.361 e. The van der Waals surface area contributed by atoms with E-state index in [-0.39, 0.29) is 12.3 Å². The molecular weight excluding hydrogens is 258 g/mol. The van der Waals surface area contributed by atoms with Crippen LogP contribution in [0.1, 0.15) is 17.1 Å². The van der Waals surface area contributed by atoms with E-state index in [0.717, 1.165) is 11.1 Å². The first kappa shape index (κ1) is 12.4. The minimum absolute atomic E-state index is 0.135. The molecule has 0 atom stereocenters. The van der Waals surface area contributed by atoms with Crippen molar-refractivity contribution in [3.63, 3.8) is 0 Å². The second-order valence-electron chi connectivity index (χ2n) is 4.51. The average Bonchev–Trinajstić information content (AvgIpc) is 3.04. The highest BCUT2D eigenvalue weighted by atomic mass is 16.5. The zero-order valence-corrected chi connectivity index (χ0v) is 10.9. The molecule has 0 radical (unpaired) electrons. The summed E-state index contributed by atoms with van der Waals surface area (Å²) in [5, 5.41) is 11.4. The van der Waals surface area contributed by atoms with Crippen LogP contribution in [-0.2, 0) is 17.8 Å². The Labute approximate surface area is 114 Å². The summed E-state index contributed by atoms with van der Waals surface area (Å²) in [7, 11) is 0. The minimum atomic E-state index is -0.135. The van der Waals surface area contributed by atoms with Crippen LogP contribution in [0.2, 0.25) is 0 Å². The topological polar surface area (TPSA) is 81.2 Å². The molecule has 0 unspecified atom stereocenters. The number of amides is 1. The fourth-order valence-corrected chi connectivity index (χ4v) is 1.97. The summed E-state index contributed by atoms with van der Waals surface area (Å²) in [6, 6.07) is 9.24. The van der Waals surface area contributed by atoms with Crippen molar-refractivity contribution in [2.24, 2.45) is 0 Å². The Hall–Kier alpha value is -2.63. The Kier molecular flexibility index (Phi) is 3.20. The SMILES string of the molecule is Cc1cc(CNC(=O)Cc2noc3ccccc23)no1. The van der Waals surface area contributed by atoms with Crippen molar-refractivity contribution in [1.29, 1.82) is 0 Å². The van der Waals surface area contributed by atoms with Gasteiger partial charge in [-0.15, -0.1) is 0 Å². The number of hydrogen-bond donors (Lipinski definition) is 1. The molecule has 1 N–H and O–H groups in total. The predicted molar refractivity (Wildman–Crippen MR) is 70.8 cm³/mol. The van der Waals surface area contributed by atoms with Crippen LogP contribution in [0.4, 0.5) is 0 Å². The standard InChI is InChI=1S/C14H13N3O3/c1-9-6-10(16-19-9)8-15-14(18)7-12-11-4-2-3-5-13(11)20-17-12/h2-6H,7-8H2,1H3,(H,15,18). The van der Waals surface area contributed by atoms with Gasteiger partial charge in [-0.2, -0.15) is 0 Å². The van der Waals surface area contributed by atoms with Gasteiger partial charge in [0.15, 0.2) is 5.58 Å². The molecule has 2 heterocycles. The van der Waals surface area contributed by atoms with Crippen LogP contribution in [0.5, 0.6) is 0 Å². The molecule has 0 aliphatic rings. The lowest BCUT2D eigenvalue weighted by atomic mass is 10.1. The Morgan fingerprint density at radius 2 is 2.10 bits per heavy atom. The molecule has 1 aromatic carbocycles. The Balaban J connectivity index is 1.64. The van der Waals surface area contributed by atoms with Crippen LogP contribution >= 0.6 is 0 Å². The maximum absolute atomic E-state index is 11.9. The number of aromatic nitrogens is 2. The zero-order chi connectivity index (χ0) is 13.9. The molecular formula is C14H13N3O3. The molecule has 6 heteroatoms. The van der Waals surface area contributed by atoms with Crippen LogP contribution in [0.25, 0.3) is 11.0 Å². The second kappa shape index (κ2) is 5.16. The molecule has 0 fully saturated rings. The van der Waals surface area contributed by atoms with Gasteiger partial charge in [0.1, 0.15) is 17.1 Å². The van der Waals surface area contributed by atoms with Crippen molar-refractivity contribution in [3.05, 3.63) is 47.5 Å². The van der Waals surface area contributed by atoms with E-state index in [4.69, 9.17) is 9.05 Å². The smallest absolute Gasteiger partial charge is 0.226 e. The van der Waals surface area contributed by atoms with Gasteiger partial charge in [-0.1, -0.05) is 22.4 Å². The number of rotatable bonds is 4. The van der Waals surface area contributed by atoms with Gasteiger partial charge in [-0.3, -0.25) is 4.79 Å². The van der Waals surface area contributed by atoms with Crippen molar-refractivity contribution < 1.29 is 13.8 Å². The molecule has 0 saturated heterocycles. The third-order valence-electron chi connectivity index (χ3n) is 2.92. The highest BCUT2D eigenvalue weighted by Crippen LogP contribution is 2.17. The first-order valence-electron chi connectivity index (χ1n) is 6.24. The largest absolute Gasteiger partial charge is 0.361 e. The first-order valence-corrected chi connectivity index (χ1v) is 6.24. The van der Waals surface area contributed by atoms with E-state index >= 15 is 0 Å². The van der Waals surface area contributed by atoms with Gasteiger partial charge >= 0.3 is 0 Å². The van der Waals surface area contributed by atoms with Gasteiger partial charge in [0.25, 0.3) is 0 Å².